The average molecular weight is 259 g/mol. The van der Waals surface area contributed by atoms with Gasteiger partial charge in [-0.2, -0.15) is 13.2 Å². The summed E-state index contributed by atoms with van der Waals surface area (Å²) < 4.78 is 43.0. The Labute approximate surface area is 102 Å². The molecule has 1 aromatic rings. The van der Waals surface area contributed by atoms with Crippen molar-refractivity contribution < 1.29 is 17.9 Å². The molecule has 0 radical (unpaired) electrons. The summed E-state index contributed by atoms with van der Waals surface area (Å²) in [6.07, 6.45) is -2.50. The van der Waals surface area contributed by atoms with Gasteiger partial charge in [-0.25, -0.2) is 9.97 Å². The van der Waals surface area contributed by atoms with Crippen molar-refractivity contribution in [3.63, 3.8) is 0 Å². The largest absolute Gasteiger partial charge is 0.474 e. The van der Waals surface area contributed by atoms with Crippen LogP contribution in [0.5, 0.6) is 5.88 Å². The van der Waals surface area contributed by atoms with E-state index in [1.165, 1.54) is 0 Å². The summed E-state index contributed by atoms with van der Waals surface area (Å²) in [5.41, 5.74) is -0.963. The molecule has 1 saturated heterocycles. The second-order valence-electron chi connectivity index (χ2n) is 4.74. The molecule has 18 heavy (non-hydrogen) atoms. The van der Waals surface area contributed by atoms with E-state index in [1.807, 2.05) is 0 Å². The minimum Gasteiger partial charge on any atom is -0.474 e. The summed E-state index contributed by atoms with van der Waals surface area (Å²) in [4.78, 5) is 6.95. The molecule has 1 saturated carbocycles. The third-order valence-electron chi connectivity index (χ3n) is 3.54. The summed E-state index contributed by atoms with van der Waals surface area (Å²) in [6, 6.07) is 0.863. The van der Waals surface area contributed by atoms with E-state index in [1.54, 1.807) is 0 Å². The van der Waals surface area contributed by atoms with E-state index in [2.05, 4.69) is 15.3 Å². The number of fused-ring (bicyclic) bond motifs is 2. The van der Waals surface area contributed by atoms with E-state index in [0.717, 1.165) is 31.9 Å². The maximum absolute atomic E-state index is 12.5. The predicted octanol–water partition coefficient (Wildman–Crippen LogP) is 1.48. The number of nitrogens with zero attached hydrogens (tertiary/aromatic N) is 2. The number of ether oxygens (including phenoxy) is 1. The second kappa shape index (κ2) is 4.08. The van der Waals surface area contributed by atoms with Gasteiger partial charge in [0.1, 0.15) is 12.4 Å². The topological polar surface area (TPSA) is 47.0 Å². The fourth-order valence-electron chi connectivity index (χ4n) is 2.59. The van der Waals surface area contributed by atoms with Crippen molar-refractivity contribution in [1.82, 2.24) is 15.3 Å². The number of nitrogens with one attached hydrogen (secondary N) is 1. The van der Waals surface area contributed by atoms with Gasteiger partial charge in [0.05, 0.1) is 0 Å². The summed E-state index contributed by atoms with van der Waals surface area (Å²) in [5.74, 6) is 0.778. The van der Waals surface area contributed by atoms with Crippen molar-refractivity contribution in [3.05, 3.63) is 18.1 Å². The molecule has 4 nitrogen and oxygen atoms in total. The number of halogens is 3. The normalized spacial score (nSPS) is 30.7. The van der Waals surface area contributed by atoms with Crippen LogP contribution in [0.2, 0.25) is 0 Å². The van der Waals surface area contributed by atoms with Crippen LogP contribution in [0.4, 0.5) is 13.2 Å². The lowest BCUT2D eigenvalue weighted by atomic mass is 9.69. The van der Waals surface area contributed by atoms with Gasteiger partial charge in [-0.3, -0.25) is 0 Å². The molecular formula is C11H12F3N3O. The SMILES string of the molecule is FC(F)(F)c1cc(OC2[C@@H]3CNC[C@H]2C3)ncn1. The zero-order chi connectivity index (χ0) is 12.8. The van der Waals surface area contributed by atoms with Crippen molar-refractivity contribution in [2.24, 2.45) is 11.8 Å². The highest BCUT2D eigenvalue weighted by Gasteiger charge is 2.46. The van der Waals surface area contributed by atoms with Gasteiger partial charge < -0.3 is 10.1 Å². The first-order chi connectivity index (χ1) is 8.54. The minimum absolute atomic E-state index is 0.0118. The predicted molar refractivity (Wildman–Crippen MR) is 55.9 cm³/mol. The molecule has 2 fully saturated rings. The van der Waals surface area contributed by atoms with Crippen LogP contribution in [0.3, 0.4) is 0 Å². The average Bonchev–Trinajstić information content (AvgIpc) is 2.36. The van der Waals surface area contributed by atoms with Crippen LogP contribution < -0.4 is 10.1 Å². The maximum atomic E-state index is 12.5. The zero-order valence-corrected chi connectivity index (χ0v) is 9.44. The minimum atomic E-state index is -4.46. The molecule has 98 valence electrons. The lowest BCUT2D eigenvalue weighted by Gasteiger charge is -2.48. The van der Waals surface area contributed by atoms with E-state index >= 15 is 0 Å². The molecule has 1 N–H and O–H groups in total. The number of rotatable bonds is 2. The van der Waals surface area contributed by atoms with Crippen molar-refractivity contribution in [1.29, 1.82) is 0 Å². The van der Waals surface area contributed by atoms with Crippen molar-refractivity contribution >= 4 is 0 Å². The highest BCUT2D eigenvalue weighted by molar-refractivity contribution is 5.17. The first-order valence-electron chi connectivity index (χ1n) is 5.80. The third kappa shape index (κ3) is 2.03. The Morgan fingerprint density at radius 1 is 1.22 bits per heavy atom. The third-order valence-corrected chi connectivity index (χ3v) is 3.54. The molecule has 2 heterocycles. The number of hydrogen-bond acceptors (Lipinski definition) is 4. The van der Waals surface area contributed by atoms with Crippen LogP contribution in [-0.4, -0.2) is 29.2 Å². The lowest BCUT2D eigenvalue weighted by Crippen LogP contribution is -2.59. The van der Waals surface area contributed by atoms with E-state index in [0.29, 0.717) is 11.8 Å². The fraction of sp³-hybridized carbons (Fsp3) is 0.636. The number of hydrogen-bond donors (Lipinski definition) is 1. The Balaban J connectivity index is 1.73. The molecule has 7 heteroatoms. The van der Waals surface area contributed by atoms with Crippen LogP contribution in [-0.2, 0) is 6.18 Å². The fourth-order valence-corrected chi connectivity index (χ4v) is 2.59. The van der Waals surface area contributed by atoms with E-state index in [9.17, 15) is 13.2 Å². The van der Waals surface area contributed by atoms with E-state index in [4.69, 9.17) is 4.74 Å². The zero-order valence-electron chi connectivity index (χ0n) is 9.44. The molecule has 1 aliphatic heterocycles. The van der Waals surface area contributed by atoms with E-state index in [-0.39, 0.29) is 12.0 Å². The maximum Gasteiger partial charge on any atom is 0.433 e. The van der Waals surface area contributed by atoms with E-state index < -0.39 is 11.9 Å². The van der Waals surface area contributed by atoms with Gasteiger partial charge in [-0.05, 0) is 6.42 Å². The lowest BCUT2D eigenvalue weighted by molar-refractivity contribution is -0.141. The molecule has 0 aromatic carbocycles. The molecule has 1 aromatic heterocycles. The molecular weight excluding hydrogens is 247 g/mol. The molecule has 2 aliphatic rings. The number of alkyl halides is 3. The van der Waals surface area contributed by atoms with Gasteiger partial charge in [-0.15, -0.1) is 0 Å². The molecule has 2 bridgehead atoms. The van der Waals surface area contributed by atoms with Crippen LogP contribution in [0.15, 0.2) is 12.4 Å². The molecule has 1 aliphatic carbocycles. The monoisotopic (exact) mass is 259 g/mol. The molecule has 3 rings (SSSR count). The Morgan fingerprint density at radius 2 is 1.94 bits per heavy atom. The Hall–Kier alpha value is -1.37. The van der Waals surface area contributed by atoms with Crippen molar-refractivity contribution in [2.75, 3.05) is 13.1 Å². The molecule has 0 amide bonds. The van der Waals surface area contributed by atoms with Crippen molar-refractivity contribution in [3.8, 4) is 5.88 Å². The van der Waals surface area contributed by atoms with Crippen LogP contribution in [0.25, 0.3) is 0 Å². The van der Waals surface area contributed by atoms with Crippen LogP contribution in [0.1, 0.15) is 12.1 Å². The Bertz CT molecular complexity index is 437. The van der Waals surface area contributed by atoms with Gasteiger partial charge >= 0.3 is 6.18 Å². The van der Waals surface area contributed by atoms with Gasteiger partial charge in [0.25, 0.3) is 0 Å². The number of aromatic nitrogens is 2. The standard InChI is InChI=1S/C11H12F3N3O/c12-11(13,14)8-2-9(17-5-16-8)18-10-6-1-7(10)4-15-3-6/h2,5-7,10,15H,1,3-4H2/t6-,7+,10?. The first-order valence-corrected chi connectivity index (χ1v) is 5.80. The first kappa shape index (κ1) is 11.7. The quantitative estimate of drug-likeness (QED) is 0.874. The van der Waals surface area contributed by atoms with Gasteiger partial charge in [0, 0.05) is 31.0 Å². The van der Waals surface area contributed by atoms with Crippen LogP contribution in [0, 0.1) is 11.8 Å². The molecule has 0 spiro atoms. The molecule has 1 unspecified atom stereocenters. The van der Waals surface area contributed by atoms with Gasteiger partial charge in [0.15, 0.2) is 5.69 Å². The summed E-state index contributed by atoms with van der Waals surface area (Å²) in [5, 5.41) is 3.24. The number of piperidine rings is 2. The summed E-state index contributed by atoms with van der Waals surface area (Å²) in [6.45, 7) is 1.72. The highest BCUT2D eigenvalue weighted by Crippen LogP contribution is 2.39. The van der Waals surface area contributed by atoms with Crippen LogP contribution >= 0.6 is 0 Å². The van der Waals surface area contributed by atoms with Gasteiger partial charge in [-0.1, -0.05) is 0 Å². The smallest absolute Gasteiger partial charge is 0.433 e. The second-order valence-corrected chi connectivity index (χ2v) is 4.74. The highest BCUT2D eigenvalue weighted by atomic mass is 19.4. The Kier molecular flexibility index (Phi) is 2.65. The summed E-state index contributed by atoms with van der Waals surface area (Å²) in [7, 11) is 0. The van der Waals surface area contributed by atoms with Crippen molar-refractivity contribution in [2.45, 2.75) is 18.7 Å². The molecule has 3 atom stereocenters. The van der Waals surface area contributed by atoms with Gasteiger partial charge in [0.2, 0.25) is 5.88 Å². The summed E-state index contributed by atoms with van der Waals surface area (Å²) >= 11 is 0. The Morgan fingerprint density at radius 3 is 2.56 bits per heavy atom.